The molecule has 2 heteroatoms. The van der Waals surface area contributed by atoms with Crippen molar-refractivity contribution >= 4 is 12.0 Å². The molecule has 2 rings (SSSR count). The molecule has 0 saturated carbocycles. The molecule has 0 aromatic heterocycles. The molecule has 0 unspecified atom stereocenters. The van der Waals surface area contributed by atoms with E-state index in [9.17, 15) is 4.79 Å². The summed E-state index contributed by atoms with van der Waals surface area (Å²) in [7, 11) is 0. The van der Waals surface area contributed by atoms with Gasteiger partial charge in [-0.3, -0.25) is 4.79 Å². The summed E-state index contributed by atoms with van der Waals surface area (Å²) < 4.78 is 0. The van der Waals surface area contributed by atoms with Gasteiger partial charge in [0.2, 0.25) is 0 Å². The minimum atomic E-state index is 0.733. The van der Waals surface area contributed by atoms with Crippen LogP contribution in [0.3, 0.4) is 0 Å². The third kappa shape index (κ3) is 3.22. The molecule has 0 aliphatic carbocycles. The van der Waals surface area contributed by atoms with Crippen LogP contribution in [0.25, 0.3) is 0 Å². The first-order chi connectivity index (χ1) is 9.24. The largest absolute Gasteiger partial charge is 0.367 e. The minimum Gasteiger partial charge on any atom is -0.367 e. The fourth-order valence-electron chi connectivity index (χ4n) is 2.28. The van der Waals surface area contributed by atoms with Crippen molar-refractivity contribution < 1.29 is 4.79 Å². The molecule has 2 aromatic rings. The molecule has 0 spiro atoms. The van der Waals surface area contributed by atoms with Crippen molar-refractivity contribution in [3.8, 4) is 0 Å². The van der Waals surface area contributed by atoms with Crippen molar-refractivity contribution in [2.75, 3.05) is 11.4 Å². The Morgan fingerprint density at radius 3 is 2.42 bits per heavy atom. The zero-order chi connectivity index (χ0) is 13.7. The average Bonchev–Trinajstić information content (AvgIpc) is 2.46. The van der Waals surface area contributed by atoms with E-state index in [1.54, 1.807) is 0 Å². The highest BCUT2D eigenvalue weighted by Gasteiger charge is 2.08. The normalized spacial score (nSPS) is 10.2. The van der Waals surface area contributed by atoms with Crippen molar-refractivity contribution in [3.63, 3.8) is 0 Å². The predicted octanol–water partition coefficient (Wildman–Crippen LogP) is 3.83. The predicted molar refractivity (Wildman–Crippen MR) is 79.7 cm³/mol. The van der Waals surface area contributed by atoms with Gasteiger partial charge in [0.15, 0.2) is 0 Å². The second kappa shape index (κ2) is 6.19. The van der Waals surface area contributed by atoms with Crippen molar-refractivity contribution in [2.24, 2.45) is 0 Å². The summed E-state index contributed by atoms with van der Waals surface area (Å²) in [4.78, 5) is 13.1. The Morgan fingerprint density at radius 2 is 1.84 bits per heavy atom. The molecule has 0 atom stereocenters. The summed E-state index contributed by atoms with van der Waals surface area (Å²) in [6, 6.07) is 16.3. The lowest BCUT2D eigenvalue weighted by Gasteiger charge is -2.25. The van der Waals surface area contributed by atoms with Gasteiger partial charge in [0.05, 0.1) is 0 Å². The monoisotopic (exact) mass is 253 g/mol. The van der Waals surface area contributed by atoms with Gasteiger partial charge in [-0.25, -0.2) is 0 Å². The van der Waals surface area contributed by atoms with Gasteiger partial charge in [0, 0.05) is 24.3 Å². The second-order valence-corrected chi connectivity index (χ2v) is 4.66. The van der Waals surface area contributed by atoms with E-state index >= 15 is 0 Å². The van der Waals surface area contributed by atoms with Crippen LogP contribution < -0.4 is 4.90 Å². The van der Waals surface area contributed by atoms with Gasteiger partial charge in [0.25, 0.3) is 0 Å². The zero-order valence-electron chi connectivity index (χ0n) is 11.5. The molecular formula is C17H19NO. The lowest BCUT2D eigenvalue weighted by Crippen LogP contribution is -2.22. The Hall–Kier alpha value is -2.09. The lowest BCUT2D eigenvalue weighted by atomic mass is 10.1. The van der Waals surface area contributed by atoms with Gasteiger partial charge in [-0.1, -0.05) is 30.3 Å². The fraction of sp³-hybridized carbons (Fsp3) is 0.235. The number of hydrogen-bond acceptors (Lipinski definition) is 2. The maximum Gasteiger partial charge on any atom is 0.150 e. The van der Waals surface area contributed by atoms with E-state index < -0.39 is 0 Å². The summed E-state index contributed by atoms with van der Waals surface area (Å²) in [6.07, 6.45) is 0.893. The zero-order valence-corrected chi connectivity index (χ0v) is 11.5. The highest BCUT2D eigenvalue weighted by molar-refractivity contribution is 5.77. The van der Waals surface area contributed by atoms with Gasteiger partial charge in [-0.05, 0) is 43.2 Å². The molecule has 19 heavy (non-hydrogen) atoms. The van der Waals surface area contributed by atoms with E-state index in [4.69, 9.17) is 0 Å². The number of carbonyl (C=O) groups is 1. The van der Waals surface area contributed by atoms with Gasteiger partial charge >= 0.3 is 0 Å². The van der Waals surface area contributed by atoms with E-state index in [1.807, 2.05) is 24.3 Å². The Bertz CT molecular complexity index is 548. The number of benzene rings is 2. The lowest BCUT2D eigenvalue weighted by molar-refractivity contribution is 0.112. The summed E-state index contributed by atoms with van der Waals surface area (Å²) in [5, 5.41) is 0. The molecule has 0 aliphatic rings. The van der Waals surface area contributed by atoms with Crippen LogP contribution in [-0.4, -0.2) is 12.8 Å². The molecule has 98 valence electrons. The van der Waals surface area contributed by atoms with Gasteiger partial charge < -0.3 is 4.90 Å². The molecule has 2 nitrogen and oxygen atoms in total. The van der Waals surface area contributed by atoms with Crippen LogP contribution in [0.1, 0.15) is 28.4 Å². The Balaban J connectivity index is 2.24. The third-order valence-corrected chi connectivity index (χ3v) is 3.30. The maximum atomic E-state index is 10.8. The summed E-state index contributed by atoms with van der Waals surface area (Å²) >= 11 is 0. The van der Waals surface area contributed by atoms with E-state index in [-0.39, 0.29) is 0 Å². The number of rotatable bonds is 5. The van der Waals surface area contributed by atoms with E-state index in [0.29, 0.717) is 0 Å². The topological polar surface area (TPSA) is 20.3 Å². The number of hydrogen-bond donors (Lipinski definition) is 0. The third-order valence-electron chi connectivity index (χ3n) is 3.30. The van der Waals surface area contributed by atoms with Gasteiger partial charge in [-0.15, -0.1) is 0 Å². The number of nitrogens with zero attached hydrogens (tertiary/aromatic N) is 1. The van der Waals surface area contributed by atoms with Crippen LogP contribution in [-0.2, 0) is 6.54 Å². The quantitative estimate of drug-likeness (QED) is 0.755. The standard InChI is InChI=1S/C17H19NO/c1-3-18(12-15-7-5-4-6-8-15)17-10-9-16(13-19)11-14(17)2/h4-11,13H,3,12H2,1-2H3. The van der Waals surface area contributed by atoms with Crippen LogP contribution in [0.5, 0.6) is 0 Å². The Labute approximate surface area is 114 Å². The minimum absolute atomic E-state index is 0.733. The fourth-order valence-corrected chi connectivity index (χ4v) is 2.28. The van der Waals surface area contributed by atoms with Crippen LogP contribution in [0.4, 0.5) is 5.69 Å². The van der Waals surface area contributed by atoms with Crippen molar-refractivity contribution in [2.45, 2.75) is 20.4 Å². The molecular weight excluding hydrogens is 234 g/mol. The SMILES string of the molecule is CCN(Cc1ccccc1)c1ccc(C=O)cc1C. The summed E-state index contributed by atoms with van der Waals surface area (Å²) in [5.74, 6) is 0. The molecule has 0 amide bonds. The highest BCUT2D eigenvalue weighted by Crippen LogP contribution is 2.22. The van der Waals surface area contributed by atoms with Crippen LogP contribution >= 0.6 is 0 Å². The number of aryl methyl sites for hydroxylation is 1. The smallest absolute Gasteiger partial charge is 0.150 e. The molecule has 0 saturated heterocycles. The van der Waals surface area contributed by atoms with Crippen LogP contribution in [0.15, 0.2) is 48.5 Å². The summed E-state index contributed by atoms with van der Waals surface area (Å²) in [6.45, 7) is 6.03. The van der Waals surface area contributed by atoms with Gasteiger partial charge in [0.1, 0.15) is 6.29 Å². The first kappa shape index (κ1) is 13.3. The summed E-state index contributed by atoms with van der Waals surface area (Å²) in [5.41, 5.74) is 4.36. The number of anilines is 1. The first-order valence-electron chi connectivity index (χ1n) is 6.59. The molecule has 0 radical (unpaired) electrons. The van der Waals surface area contributed by atoms with Crippen molar-refractivity contribution in [3.05, 3.63) is 65.2 Å². The first-order valence-corrected chi connectivity index (χ1v) is 6.59. The molecule has 0 heterocycles. The van der Waals surface area contributed by atoms with Crippen molar-refractivity contribution in [1.82, 2.24) is 0 Å². The molecule has 0 aliphatic heterocycles. The van der Waals surface area contributed by atoms with E-state index in [2.05, 4.69) is 43.0 Å². The van der Waals surface area contributed by atoms with E-state index in [1.165, 1.54) is 11.3 Å². The van der Waals surface area contributed by atoms with Gasteiger partial charge in [-0.2, -0.15) is 0 Å². The van der Waals surface area contributed by atoms with Crippen molar-refractivity contribution in [1.29, 1.82) is 0 Å². The maximum absolute atomic E-state index is 10.8. The Morgan fingerprint density at radius 1 is 1.11 bits per heavy atom. The molecule has 0 N–H and O–H groups in total. The van der Waals surface area contributed by atoms with E-state index in [0.717, 1.165) is 30.5 Å². The number of aldehydes is 1. The molecule has 2 aromatic carbocycles. The average molecular weight is 253 g/mol. The highest BCUT2D eigenvalue weighted by atomic mass is 16.1. The van der Waals surface area contributed by atoms with Crippen LogP contribution in [0.2, 0.25) is 0 Å². The molecule has 0 bridgehead atoms. The van der Waals surface area contributed by atoms with Crippen LogP contribution in [0, 0.1) is 6.92 Å². The molecule has 0 fully saturated rings. The second-order valence-electron chi connectivity index (χ2n) is 4.66. The Kier molecular flexibility index (Phi) is 4.35. The number of carbonyl (C=O) groups excluding carboxylic acids is 1.